The Bertz CT molecular complexity index is 187. The molecule has 98 valence electrons. The van der Waals surface area contributed by atoms with E-state index in [1.54, 1.807) is 0 Å². The van der Waals surface area contributed by atoms with Crippen LogP contribution in [0.5, 0.6) is 0 Å². The first-order valence-corrected chi connectivity index (χ1v) is 8.12. The lowest BCUT2D eigenvalue weighted by Crippen LogP contribution is -1.94. The highest BCUT2D eigenvalue weighted by Gasteiger charge is 2.19. The monoisotopic (exact) mass is 250 g/mol. The van der Waals surface area contributed by atoms with E-state index in [0.29, 0.717) is 6.16 Å². The maximum Gasteiger partial charge on any atom is 0.330 e. The normalized spacial score (nSPS) is 11.9. The fraction of sp³-hybridized carbons (Fsp3) is 1.00. The van der Waals surface area contributed by atoms with Gasteiger partial charge in [-0.2, -0.15) is 0 Å². The van der Waals surface area contributed by atoms with Crippen molar-refractivity contribution in [3.8, 4) is 0 Å². The Balaban J connectivity index is 3.29. The van der Waals surface area contributed by atoms with E-state index in [9.17, 15) is 4.57 Å². The van der Waals surface area contributed by atoms with Crippen molar-refractivity contribution in [2.45, 2.75) is 58.3 Å². The van der Waals surface area contributed by atoms with Crippen LogP contribution in [-0.2, 0) is 13.6 Å². The molecule has 0 fully saturated rings. The average Bonchev–Trinajstić information content (AvgIpc) is 2.32. The quantitative estimate of drug-likeness (QED) is 0.396. The second kappa shape index (κ2) is 10.3. The lowest BCUT2D eigenvalue weighted by Gasteiger charge is -2.12. The topological polar surface area (TPSA) is 35.5 Å². The Morgan fingerprint density at radius 1 is 0.812 bits per heavy atom. The van der Waals surface area contributed by atoms with Gasteiger partial charge in [-0.15, -0.1) is 0 Å². The van der Waals surface area contributed by atoms with Gasteiger partial charge >= 0.3 is 7.60 Å². The molecule has 0 N–H and O–H groups in total. The van der Waals surface area contributed by atoms with Gasteiger partial charge in [0.25, 0.3) is 0 Å². The number of unbranched alkanes of at least 4 members (excludes halogenated alkanes) is 7. The van der Waals surface area contributed by atoms with Crippen molar-refractivity contribution >= 4 is 7.60 Å². The maximum atomic E-state index is 11.7. The third kappa shape index (κ3) is 8.32. The van der Waals surface area contributed by atoms with E-state index < -0.39 is 7.60 Å². The smallest absolute Gasteiger partial charge is 0.312 e. The summed E-state index contributed by atoms with van der Waals surface area (Å²) in [4.78, 5) is 0. The molecule has 0 saturated heterocycles. The van der Waals surface area contributed by atoms with Crippen LogP contribution in [0.4, 0.5) is 0 Å². The minimum atomic E-state index is -2.75. The highest BCUT2D eigenvalue weighted by atomic mass is 31.2. The van der Waals surface area contributed by atoms with Crippen LogP contribution in [0.2, 0.25) is 0 Å². The molecule has 0 radical (unpaired) electrons. The van der Waals surface area contributed by atoms with E-state index in [4.69, 9.17) is 9.05 Å². The van der Waals surface area contributed by atoms with Crippen molar-refractivity contribution in [3.05, 3.63) is 0 Å². The van der Waals surface area contributed by atoms with Crippen LogP contribution in [0.1, 0.15) is 58.3 Å². The molecule has 0 heterocycles. The fourth-order valence-corrected chi connectivity index (χ4v) is 2.82. The molecule has 0 aliphatic rings. The minimum absolute atomic E-state index is 0.551. The SMILES string of the molecule is CCCCCCCCCCP(=O)(OC)OC. The minimum Gasteiger partial charge on any atom is -0.312 e. The summed E-state index contributed by atoms with van der Waals surface area (Å²) in [5, 5.41) is 0. The Kier molecular flexibility index (Phi) is 10.4. The summed E-state index contributed by atoms with van der Waals surface area (Å²) in [7, 11) is 0.159. The lowest BCUT2D eigenvalue weighted by molar-refractivity contribution is 0.275. The third-order valence-electron chi connectivity index (χ3n) is 2.84. The molecule has 0 amide bonds. The highest BCUT2D eigenvalue weighted by molar-refractivity contribution is 7.53. The molecule has 4 heteroatoms. The van der Waals surface area contributed by atoms with E-state index in [1.165, 1.54) is 52.7 Å². The Hall–Kier alpha value is 0.150. The van der Waals surface area contributed by atoms with Gasteiger partial charge < -0.3 is 9.05 Å². The molecule has 0 aromatic rings. The molecule has 0 spiro atoms. The zero-order chi connectivity index (χ0) is 12.3. The van der Waals surface area contributed by atoms with Crippen LogP contribution in [0, 0.1) is 0 Å². The molecule has 0 saturated carbocycles. The van der Waals surface area contributed by atoms with E-state index in [-0.39, 0.29) is 0 Å². The predicted octanol–water partition coefficient (Wildman–Crippen LogP) is 4.61. The molecule has 16 heavy (non-hydrogen) atoms. The predicted molar refractivity (Wildman–Crippen MR) is 69.1 cm³/mol. The van der Waals surface area contributed by atoms with Crippen LogP contribution in [0.3, 0.4) is 0 Å². The first kappa shape index (κ1) is 16.1. The molecule has 0 aliphatic heterocycles. The Labute approximate surface area is 100 Å². The van der Waals surface area contributed by atoms with E-state index in [1.807, 2.05) is 0 Å². The summed E-state index contributed by atoms with van der Waals surface area (Å²) in [6, 6.07) is 0. The van der Waals surface area contributed by atoms with E-state index in [0.717, 1.165) is 12.8 Å². The first-order valence-electron chi connectivity index (χ1n) is 6.39. The first-order chi connectivity index (χ1) is 7.68. The molecule has 0 aromatic heterocycles. The molecule has 0 aromatic carbocycles. The van der Waals surface area contributed by atoms with Gasteiger partial charge in [-0.25, -0.2) is 0 Å². The second-order valence-electron chi connectivity index (χ2n) is 4.17. The molecule has 0 bridgehead atoms. The largest absolute Gasteiger partial charge is 0.330 e. The van der Waals surface area contributed by atoms with Crippen molar-refractivity contribution in [3.63, 3.8) is 0 Å². The fourth-order valence-electron chi connectivity index (χ4n) is 1.70. The highest BCUT2D eigenvalue weighted by Crippen LogP contribution is 2.47. The van der Waals surface area contributed by atoms with Gasteiger partial charge in [0.15, 0.2) is 0 Å². The molecule has 0 aliphatic carbocycles. The number of rotatable bonds is 11. The molecular formula is C12H27O3P. The van der Waals surface area contributed by atoms with Crippen molar-refractivity contribution in [1.82, 2.24) is 0 Å². The van der Waals surface area contributed by atoms with Crippen molar-refractivity contribution in [2.75, 3.05) is 20.4 Å². The molecule has 0 rings (SSSR count). The van der Waals surface area contributed by atoms with E-state index in [2.05, 4.69) is 6.92 Å². The zero-order valence-electron chi connectivity index (χ0n) is 11.0. The Morgan fingerprint density at radius 3 is 1.69 bits per heavy atom. The summed E-state index contributed by atoms with van der Waals surface area (Å²) in [6.07, 6.45) is 10.5. The van der Waals surface area contributed by atoms with Gasteiger partial charge in [0, 0.05) is 14.2 Å². The number of hydrogen-bond acceptors (Lipinski definition) is 3. The molecular weight excluding hydrogens is 223 g/mol. The molecule has 3 nitrogen and oxygen atoms in total. The van der Waals surface area contributed by atoms with Gasteiger partial charge in [-0.3, -0.25) is 4.57 Å². The standard InChI is InChI=1S/C12H27O3P/c1-4-5-6-7-8-9-10-11-12-16(13,14-2)15-3/h4-12H2,1-3H3. The number of hydrogen-bond donors (Lipinski definition) is 0. The summed E-state index contributed by atoms with van der Waals surface area (Å²) in [6.45, 7) is 2.23. The van der Waals surface area contributed by atoms with Crippen LogP contribution < -0.4 is 0 Å². The van der Waals surface area contributed by atoms with Crippen LogP contribution in [-0.4, -0.2) is 20.4 Å². The van der Waals surface area contributed by atoms with Gasteiger partial charge in [0.1, 0.15) is 0 Å². The summed E-state index contributed by atoms with van der Waals surface area (Å²) < 4.78 is 21.4. The van der Waals surface area contributed by atoms with Crippen molar-refractivity contribution in [1.29, 1.82) is 0 Å². The summed E-state index contributed by atoms with van der Waals surface area (Å²) >= 11 is 0. The lowest BCUT2D eigenvalue weighted by atomic mass is 10.1. The zero-order valence-corrected chi connectivity index (χ0v) is 11.9. The molecule has 0 atom stereocenters. The maximum absolute atomic E-state index is 11.7. The van der Waals surface area contributed by atoms with Gasteiger partial charge in [-0.1, -0.05) is 51.9 Å². The van der Waals surface area contributed by atoms with E-state index >= 15 is 0 Å². The summed E-state index contributed by atoms with van der Waals surface area (Å²) in [5.41, 5.74) is 0. The van der Waals surface area contributed by atoms with Gasteiger partial charge in [0.05, 0.1) is 6.16 Å². The van der Waals surface area contributed by atoms with Gasteiger partial charge in [0.2, 0.25) is 0 Å². The van der Waals surface area contributed by atoms with Crippen molar-refractivity contribution < 1.29 is 13.6 Å². The van der Waals surface area contributed by atoms with Gasteiger partial charge in [-0.05, 0) is 6.42 Å². The van der Waals surface area contributed by atoms with Crippen LogP contribution in [0.15, 0.2) is 0 Å². The van der Waals surface area contributed by atoms with Crippen molar-refractivity contribution in [2.24, 2.45) is 0 Å². The molecule has 0 unspecified atom stereocenters. The Morgan fingerprint density at radius 2 is 1.25 bits per heavy atom. The average molecular weight is 250 g/mol. The third-order valence-corrected chi connectivity index (χ3v) is 4.82. The summed E-state index contributed by atoms with van der Waals surface area (Å²) in [5.74, 6) is 0. The second-order valence-corrected chi connectivity index (χ2v) is 6.57. The van der Waals surface area contributed by atoms with Crippen LogP contribution >= 0.6 is 7.60 Å². The van der Waals surface area contributed by atoms with Crippen LogP contribution in [0.25, 0.3) is 0 Å².